The average Bonchev–Trinajstić information content (AvgIpc) is 3.69. The maximum atomic E-state index is 13.7. The van der Waals surface area contributed by atoms with Crippen LogP contribution in [0.25, 0.3) is 28.3 Å². The first-order valence-electron chi connectivity index (χ1n) is 11.9. The number of fused-ring (bicyclic) bond motifs is 1. The highest BCUT2D eigenvalue weighted by Gasteiger charge is 2.32. The molecule has 0 atom stereocenters. The summed E-state index contributed by atoms with van der Waals surface area (Å²) in [6.45, 7) is 3.60. The molecule has 6 rings (SSSR count). The Morgan fingerprint density at radius 2 is 1.85 bits per heavy atom. The number of aryl methyl sites for hydroxylation is 2. The van der Waals surface area contributed by atoms with Gasteiger partial charge in [0.2, 0.25) is 0 Å². The number of hydrogen-bond donors (Lipinski definition) is 2. The van der Waals surface area contributed by atoms with Crippen molar-refractivity contribution in [3.8, 4) is 22.6 Å². The number of alkyl halides is 3. The zero-order chi connectivity index (χ0) is 27.3. The zero-order valence-corrected chi connectivity index (χ0v) is 20.7. The maximum absolute atomic E-state index is 13.7. The van der Waals surface area contributed by atoms with E-state index in [4.69, 9.17) is 0 Å². The monoisotopic (exact) mass is 530 g/mol. The van der Waals surface area contributed by atoms with Crippen LogP contribution in [-0.2, 0) is 6.18 Å². The van der Waals surface area contributed by atoms with Crippen molar-refractivity contribution >= 4 is 17.2 Å². The van der Waals surface area contributed by atoms with Crippen LogP contribution in [0.3, 0.4) is 0 Å². The SMILES string of the molecule is Cc1ccc(NC(=O)c2cc(-n3ccnc3C)cc(C(F)(F)F)c2)cc1-n1ccn2nc(-c3cn[nH]c3)cc12. The Hall–Kier alpha value is -5.13. The number of benzene rings is 2. The molecule has 0 unspecified atom stereocenters. The number of imidazole rings is 2. The number of hydrogen-bond acceptors (Lipinski definition) is 4. The van der Waals surface area contributed by atoms with Crippen molar-refractivity contribution in [3.05, 3.63) is 102 Å². The Labute approximate surface area is 219 Å². The predicted molar refractivity (Wildman–Crippen MR) is 138 cm³/mol. The molecule has 2 N–H and O–H groups in total. The molecule has 0 aliphatic rings. The number of anilines is 1. The summed E-state index contributed by atoms with van der Waals surface area (Å²) in [5.41, 5.74) is 3.65. The average molecular weight is 531 g/mol. The van der Waals surface area contributed by atoms with Gasteiger partial charge in [-0.1, -0.05) is 6.07 Å². The molecule has 39 heavy (non-hydrogen) atoms. The highest BCUT2D eigenvalue weighted by atomic mass is 19.4. The second-order valence-corrected chi connectivity index (χ2v) is 9.05. The Balaban J connectivity index is 1.34. The molecule has 9 nitrogen and oxygen atoms in total. The summed E-state index contributed by atoms with van der Waals surface area (Å²) in [6.07, 6.45) is 5.50. The molecule has 0 bridgehead atoms. The lowest BCUT2D eigenvalue weighted by atomic mass is 10.1. The second kappa shape index (κ2) is 9.01. The van der Waals surface area contributed by atoms with Gasteiger partial charge < -0.3 is 9.88 Å². The lowest BCUT2D eigenvalue weighted by molar-refractivity contribution is -0.137. The molecule has 2 aromatic carbocycles. The number of aromatic amines is 1. The molecule has 0 spiro atoms. The van der Waals surface area contributed by atoms with E-state index in [-0.39, 0.29) is 11.3 Å². The first-order chi connectivity index (χ1) is 18.7. The summed E-state index contributed by atoms with van der Waals surface area (Å²) in [4.78, 5) is 17.3. The van der Waals surface area contributed by atoms with Crippen LogP contribution >= 0.6 is 0 Å². The van der Waals surface area contributed by atoms with E-state index in [0.717, 1.165) is 40.3 Å². The van der Waals surface area contributed by atoms with E-state index in [9.17, 15) is 18.0 Å². The second-order valence-electron chi connectivity index (χ2n) is 9.05. The fourth-order valence-electron chi connectivity index (χ4n) is 4.46. The minimum atomic E-state index is -4.63. The van der Waals surface area contributed by atoms with Crippen LogP contribution in [0.2, 0.25) is 0 Å². The summed E-state index contributed by atoms with van der Waals surface area (Å²) in [5.74, 6) is -0.170. The third-order valence-electron chi connectivity index (χ3n) is 6.45. The van der Waals surface area contributed by atoms with Gasteiger partial charge in [-0.2, -0.15) is 23.4 Å². The molecule has 1 amide bonds. The molecule has 196 valence electrons. The van der Waals surface area contributed by atoms with Gasteiger partial charge in [-0.05, 0) is 49.7 Å². The Bertz CT molecular complexity index is 1830. The van der Waals surface area contributed by atoms with Gasteiger partial charge in [0.25, 0.3) is 5.91 Å². The van der Waals surface area contributed by atoms with Gasteiger partial charge >= 0.3 is 6.18 Å². The van der Waals surface area contributed by atoms with Gasteiger partial charge in [0, 0.05) is 59.6 Å². The van der Waals surface area contributed by atoms with Crippen LogP contribution in [0.4, 0.5) is 18.9 Å². The third kappa shape index (κ3) is 4.45. The maximum Gasteiger partial charge on any atom is 0.416 e. The lowest BCUT2D eigenvalue weighted by Gasteiger charge is -2.15. The minimum absolute atomic E-state index is 0.126. The van der Waals surface area contributed by atoms with Crippen molar-refractivity contribution in [2.75, 3.05) is 5.32 Å². The molecule has 4 aromatic heterocycles. The van der Waals surface area contributed by atoms with E-state index in [1.165, 1.54) is 16.8 Å². The zero-order valence-electron chi connectivity index (χ0n) is 20.7. The van der Waals surface area contributed by atoms with Gasteiger partial charge in [0.15, 0.2) is 0 Å². The van der Waals surface area contributed by atoms with E-state index in [0.29, 0.717) is 11.5 Å². The Morgan fingerprint density at radius 1 is 1.00 bits per heavy atom. The van der Waals surface area contributed by atoms with E-state index in [1.807, 2.05) is 36.0 Å². The van der Waals surface area contributed by atoms with Gasteiger partial charge in [-0.15, -0.1) is 0 Å². The fraction of sp³-hybridized carbons (Fsp3) is 0.111. The molecule has 12 heteroatoms. The Kier molecular flexibility index (Phi) is 5.60. The molecule has 0 fully saturated rings. The summed E-state index contributed by atoms with van der Waals surface area (Å²) in [5, 5.41) is 14.1. The van der Waals surface area contributed by atoms with E-state index in [1.54, 1.807) is 42.2 Å². The standard InChI is InChI=1S/C27H21F3N8O/c1-16-3-4-21(12-24(16)37-7-8-38-25(37)13-23(35-38)19-14-32-33-15-19)34-26(39)18-9-20(27(28,29)30)11-22(10-18)36-6-5-31-17(36)2/h3-15H,1-2H3,(H,32,33)(H,34,39). The number of rotatable bonds is 5. The van der Waals surface area contributed by atoms with Crippen molar-refractivity contribution in [1.29, 1.82) is 0 Å². The van der Waals surface area contributed by atoms with Crippen LogP contribution in [0.15, 0.2) is 79.6 Å². The largest absolute Gasteiger partial charge is 0.416 e. The Morgan fingerprint density at radius 3 is 2.56 bits per heavy atom. The number of aromatic nitrogens is 7. The normalized spacial score (nSPS) is 11.8. The van der Waals surface area contributed by atoms with Crippen LogP contribution in [0, 0.1) is 13.8 Å². The molecule has 0 saturated heterocycles. The molecule has 6 aromatic rings. The van der Waals surface area contributed by atoms with Gasteiger partial charge in [0.05, 0.1) is 23.1 Å². The van der Waals surface area contributed by atoms with Crippen molar-refractivity contribution in [1.82, 2.24) is 33.9 Å². The van der Waals surface area contributed by atoms with Crippen LogP contribution in [0.5, 0.6) is 0 Å². The number of H-pyrrole nitrogens is 1. The number of nitrogens with zero attached hydrogens (tertiary/aromatic N) is 6. The van der Waals surface area contributed by atoms with E-state index in [2.05, 4.69) is 25.6 Å². The van der Waals surface area contributed by atoms with Crippen LogP contribution < -0.4 is 5.32 Å². The first-order valence-corrected chi connectivity index (χ1v) is 11.9. The highest BCUT2D eigenvalue weighted by Crippen LogP contribution is 2.32. The molecular weight excluding hydrogens is 509 g/mol. The van der Waals surface area contributed by atoms with Gasteiger partial charge in [0.1, 0.15) is 11.5 Å². The highest BCUT2D eigenvalue weighted by molar-refractivity contribution is 6.05. The molecule has 0 saturated carbocycles. The van der Waals surface area contributed by atoms with Crippen molar-refractivity contribution in [3.63, 3.8) is 0 Å². The van der Waals surface area contributed by atoms with Crippen molar-refractivity contribution in [2.45, 2.75) is 20.0 Å². The number of carbonyl (C=O) groups is 1. The summed E-state index contributed by atoms with van der Waals surface area (Å²) >= 11 is 0. The number of nitrogens with one attached hydrogen (secondary N) is 2. The molecule has 0 aliphatic carbocycles. The molecule has 0 aliphatic heterocycles. The summed E-state index contributed by atoms with van der Waals surface area (Å²) in [7, 11) is 0. The first kappa shape index (κ1) is 24.2. The van der Waals surface area contributed by atoms with Crippen LogP contribution in [0.1, 0.15) is 27.3 Å². The summed E-state index contributed by atoms with van der Waals surface area (Å²) < 4.78 is 46.2. The smallest absolute Gasteiger partial charge is 0.322 e. The van der Waals surface area contributed by atoms with Crippen molar-refractivity contribution in [2.24, 2.45) is 0 Å². The minimum Gasteiger partial charge on any atom is -0.322 e. The van der Waals surface area contributed by atoms with E-state index >= 15 is 0 Å². The van der Waals surface area contributed by atoms with Gasteiger partial charge in [-0.3, -0.25) is 14.5 Å². The van der Waals surface area contributed by atoms with Crippen molar-refractivity contribution < 1.29 is 18.0 Å². The lowest BCUT2D eigenvalue weighted by Crippen LogP contribution is -2.15. The van der Waals surface area contributed by atoms with E-state index < -0.39 is 17.6 Å². The number of halogens is 3. The number of carbonyl (C=O) groups excluding carboxylic acids is 1. The molecular formula is C27H21F3N8O. The number of amides is 1. The molecule has 4 heterocycles. The molecule has 0 radical (unpaired) electrons. The predicted octanol–water partition coefficient (Wildman–Crippen LogP) is 5.59. The summed E-state index contributed by atoms with van der Waals surface area (Å²) in [6, 6.07) is 10.5. The van der Waals surface area contributed by atoms with Crippen LogP contribution in [-0.4, -0.2) is 39.8 Å². The fourth-order valence-corrected chi connectivity index (χ4v) is 4.46. The quantitative estimate of drug-likeness (QED) is 0.304. The third-order valence-corrected chi connectivity index (χ3v) is 6.45. The van der Waals surface area contributed by atoms with Gasteiger partial charge in [-0.25, -0.2) is 9.50 Å². The topological polar surface area (TPSA) is 97.8 Å².